The lowest BCUT2D eigenvalue weighted by Gasteiger charge is -2.26. The lowest BCUT2D eigenvalue weighted by molar-refractivity contribution is 0.218. The highest BCUT2D eigenvalue weighted by Crippen LogP contribution is 2.44. The summed E-state index contributed by atoms with van der Waals surface area (Å²) in [4.78, 5) is 2.42. The van der Waals surface area contributed by atoms with E-state index in [-0.39, 0.29) is 0 Å². The van der Waals surface area contributed by atoms with Crippen LogP contribution in [0.2, 0.25) is 0 Å². The molecule has 1 atom stereocenters. The molecule has 1 unspecified atom stereocenters. The van der Waals surface area contributed by atoms with Gasteiger partial charge < -0.3 is 13.9 Å². The molecule has 0 aliphatic rings. The highest BCUT2D eigenvalue weighted by atomic mass is 31.2. The minimum absolute atomic E-state index is 0.492. The zero-order valence-electron chi connectivity index (χ0n) is 16.5. The second-order valence-electron chi connectivity index (χ2n) is 6.43. The Hall–Kier alpha value is -1.81. The highest BCUT2D eigenvalue weighted by molar-refractivity contribution is 7.52. The predicted octanol–water partition coefficient (Wildman–Crippen LogP) is 5.35. The third-order valence-electron chi connectivity index (χ3n) is 4.48. The first-order valence-corrected chi connectivity index (χ1v) is 11.2. The van der Waals surface area contributed by atoms with Gasteiger partial charge in [-0.05, 0) is 57.1 Å². The summed E-state index contributed by atoms with van der Waals surface area (Å²) in [5, 5.41) is 3.02. The highest BCUT2D eigenvalue weighted by Gasteiger charge is 2.28. The van der Waals surface area contributed by atoms with Crippen LogP contribution < -0.4 is 14.1 Å². The molecule has 0 spiro atoms. The number of hydrogen-bond acceptors (Lipinski definition) is 4. The van der Waals surface area contributed by atoms with Crippen molar-refractivity contribution in [3.63, 3.8) is 0 Å². The zero-order chi connectivity index (χ0) is 19.5. The van der Waals surface area contributed by atoms with Gasteiger partial charge in [-0.25, -0.2) is 9.65 Å². The maximum absolute atomic E-state index is 13.3. The van der Waals surface area contributed by atoms with Gasteiger partial charge in [-0.15, -0.1) is 0 Å². The van der Waals surface area contributed by atoms with Crippen molar-refractivity contribution in [3.8, 4) is 11.5 Å². The van der Waals surface area contributed by atoms with E-state index in [0.717, 1.165) is 25.9 Å². The van der Waals surface area contributed by atoms with E-state index in [1.165, 1.54) is 0 Å². The fourth-order valence-electron chi connectivity index (χ4n) is 2.97. The maximum Gasteiger partial charge on any atom is 0.512 e. The van der Waals surface area contributed by atoms with Gasteiger partial charge in [0.2, 0.25) is 0 Å². The van der Waals surface area contributed by atoms with E-state index in [0.29, 0.717) is 24.1 Å². The minimum Gasteiger partial charge on any atom is -0.405 e. The second kappa shape index (κ2) is 11.1. The topological polar surface area (TPSA) is 50.8 Å². The standard InChI is InChI=1S/C21H31N2O3P/c1-4-23(5-2)19(3)13-12-18-22-27(24,25-20-14-8-6-9-15-20)26-21-16-10-7-11-17-21/h6-11,14-17,19H,4-5,12-13,18H2,1-3H3,(H,22,24). The SMILES string of the molecule is CCN(CC)C(C)CCCNP(=O)(Oc1ccccc1)Oc1ccccc1. The first-order chi connectivity index (χ1) is 13.1. The smallest absolute Gasteiger partial charge is 0.405 e. The lowest BCUT2D eigenvalue weighted by atomic mass is 10.1. The van der Waals surface area contributed by atoms with Crippen LogP contribution >= 0.6 is 7.75 Å². The first kappa shape index (κ1) is 21.5. The minimum atomic E-state index is -3.52. The van der Waals surface area contributed by atoms with Gasteiger partial charge in [0.15, 0.2) is 0 Å². The van der Waals surface area contributed by atoms with Gasteiger partial charge in [-0.1, -0.05) is 50.2 Å². The Kier molecular flexibility index (Phi) is 8.86. The van der Waals surface area contributed by atoms with Crippen molar-refractivity contribution < 1.29 is 13.6 Å². The summed E-state index contributed by atoms with van der Waals surface area (Å²) in [5.74, 6) is 1.03. The van der Waals surface area contributed by atoms with Crippen molar-refractivity contribution in [2.75, 3.05) is 19.6 Å². The molecule has 5 nitrogen and oxygen atoms in total. The van der Waals surface area contributed by atoms with Gasteiger partial charge in [0.25, 0.3) is 0 Å². The third-order valence-corrected chi connectivity index (χ3v) is 5.99. The van der Waals surface area contributed by atoms with Crippen LogP contribution in [0.4, 0.5) is 0 Å². The van der Waals surface area contributed by atoms with E-state index in [1.54, 1.807) is 24.3 Å². The lowest BCUT2D eigenvalue weighted by Crippen LogP contribution is -2.33. The molecule has 2 rings (SSSR count). The molecular formula is C21H31N2O3P. The van der Waals surface area contributed by atoms with Crippen LogP contribution in [0.15, 0.2) is 60.7 Å². The number of rotatable bonds is 12. The van der Waals surface area contributed by atoms with E-state index in [1.807, 2.05) is 36.4 Å². The molecule has 0 bridgehead atoms. The summed E-state index contributed by atoms with van der Waals surface area (Å²) in [6, 6.07) is 18.7. The molecule has 2 aromatic carbocycles. The van der Waals surface area contributed by atoms with E-state index in [2.05, 4.69) is 30.8 Å². The van der Waals surface area contributed by atoms with E-state index in [4.69, 9.17) is 9.05 Å². The van der Waals surface area contributed by atoms with Crippen LogP contribution in [-0.4, -0.2) is 30.6 Å². The van der Waals surface area contributed by atoms with Crippen molar-refractivity contribution in [3.05, 3.63) is 60.7 Å². The Bertz CT molecular complexity index is 648. The number of nitrogens with one attached hydrogen (secondary N) is 1. The summed E-state index contributed by atoms with van der Waals surface area (Å²) in [6.45, 7) is 9.22. The Morgan fingerprint density at radius 2 is 1.41 bits per heavy atom. The summed E-state index contributed by atoms with van der Waals surface area (Å²) in [7, 11) is -3.52. The van der Waals surface area contributed by atoms with Crippen LogP contribution in [0, 0.1) is 0 Å². The molecular weight excluding hydrogens is 359 g/mol. The second-order valence-corrected chi connectivity index (χ2v) is 8.10. The average molecular weight is 390 g/mol. The average Bonchev–Trinajstić information content (AvgIpc) is 2.68. The molecule has 2 aromatic rings. The normalized spacial score (nSPS) is 12.7. The molecule has 0 aliphatic heterocycles. The monoisotopic (exact) mass is 390 g/mol. The molecule has 148 valence electrons. The Morgan fingerprint density at radius 1 is 0.926 bits per heavy atom. The van der Waals surface area contributed by atoms with Crippen LogP contribution in [0.1, 0.15) is 33.6 Å². The molecule has 27 heavy (non-hydrogen) atoms. The van der Waals surface area contributed by atoms with Crippen LogP contribution in [0.5, 0.6) is 11.5 Å². The molecule has 6 heteroatoms. The van der Waals surface area contributed by atoms with Crippen LogP contribution in [-0.2, 0) is 4.57 Å². The van der Waals surface area contributed by atoms with Crippen molar-refractivity contribution in [1.82, 2.24) is 9.99 Å². The number of para-hydroxylation sites is 2. The first-order valence-electron chi connectivity index (χ1n) is 9.64. The molecule has 0 radical (unpaired) electrons. The van der Waals surface area contributed by atoms with Crippen molar-refractivity contribution in [1.29, 1.82) is 0 Å². The molecule has 0 saturated heterocycles. The molecule has 0 aromatic heterocycles. The van der Waals surface area contributed by atoms with E-state index < -0.39 is 7.75 Å². The van der Waals surface area contributed by atoms with E-state index >= 15 is 0 Å². The van der Waals surface area contributed by atoms with Crippen LogP contribution in [0.25, 0.3) is 0 Å². The van der Waals surface area contributed by atoms with Gasteiger partial charge in [0, 0.05) is 12.6 Å². The maximum atomic E-state index is 13.3. The van der Waals surface area contributed by atoms with Gasteiger partial charge in [0.05, 0.1) is 0 Å². The van der Waals surface area contributed by atoms with Gasteiger partial charge >= 0.3 is 7.75 Å². The molecule has 0 saturated carbocycles. The zero-order valence-corrected chi connectivity index (χ0v) is 17.4. The Balaban J connectivity index is 1.96. The molecule has 0 heterocycles. The predicted molar refractivity (Wildman–Crippen MR) is 111 cm³/mol. The quantitative estimate of drug-likeness (QED) is 0.391. The van der Waals surface area contributed by atoms with Gasteiger partial charge in [0.1, 0.15) is 11.5 Å². The van der Waals surface area contributed by atoms with Crippen molar-refractivity contribution in [2.24, 2.45) is 0 Å². The van der Waals surface area contributed by atoms with Crippen molar-refractivity contribution in [2.45, 2.75) is 39.7 Å². The summed E-state index contributed by atoms with van der Waals surface area (Å²) >= 11 is 0. The summed E-state index contributed by atoms with van der Waals surface area (Å²) < 4.78 is 24.7. The van der Waals surface area contributed by atoms with Gasteiger partial charge in [-0.2, -0.15) is 0 Å². The summed E-state index contributed by atoms with van der Waals surface area (Å²) in [6.07, 6.45) is 1.91. The van der Waals surface area contributed by atoms with Crippen molar-refractivity contribution >= 4 is 7.75 Å². The summed E-state index contributed by atoms with van der Waals surface area (Å²) in [5.41, 5.74) is 0. The number of benzene rings is 2. The molecule has 0 aliphatic carbocycles. The number of hydrogen-bond donors (Lipinski definition) is 1. The Labute approximate surface area is 163 Å². The molecule has 0 amide bonds. The van der Waals surface area contributed by atoms with Gasteiger partial charge in [-0.3, -0.25) is 0 Å². The molecule has 0 fully saturated rings. The third kappa shape index (κ3) is 7.37. The largest absolute Gasteiger partial charge is 0.512 e. The van der Waals surface area contributed by atoms with E-state index in [9.17, 15) is 4.57 Å². The fraction of sp³-hybridized carbons (Fsp3) is 0.429. The van der Waals surface area contributed by atoms with Crippen LogP contribution in [0.3, 0.4) is 0 Å². The fourth-order valence-corrected chi connectivity index (χ4v) is 4.36. The molecule has 1 N–H and O–H groups in total. The number of nitrogens with zero attached hydrogens (tertiary/aromatic N) is 1. The Morgan fingerprint density at radius 3 is 1.85 bits per heavy atom.